The molecule has 112 valence electrons. The number of hydrogen-bond donors (Lipinski definition) is 1. The van der Waals surface area contributed by atoms with Gasteiger partial charge in [0.15, 0.2) is 5.76 Å². The van der Waals surface area contributed by atoms with Crippen LogP contribution >= 0.6 is 11.3 Å². The van der Waals surface area contributed by atoms with Crippen LogP contribution in [0, 0.1) is 5.92 Å². The molecule has 0 saturated carbocycles. The lowest BCUT2D eigenvalue weighted by Gasteiger charge is -2.01. The number of nitrogens with zero attached hydrogens (tertiary/aromatic N) is 2. The van der Waals surface area contributed by atoms with Crippen LogP contribution in [0.3, 0.4) is 0 Å². The maximum atomic E-state index is 12.0. The highest BCUT2D eigenvalue weighted by Crippen LogP contribution is 2.19. The molecule has 21 heavy (non-hydrogen) atoms. The van der Waals surface area contributed by atoms with Crippen molar-refractivity contribution in [2.45, 2.75) is 20.3 Å². The first-order chi connectivity index (χ1) is 9.99. The van der Waals surface area contributed by atoms with Crippen LogP contribution in [0.25, 0.3) is 0 Å². The van der Waals surface area contributed by atoms with Gasteiger partial charge in [-0.2, -0.15) is 0 Å². The maximum Gasteiger partial charge on any atom is 0.293 e. The van der Waals surface area contributed by atoms with Crippen molar-refractivity contribution in [2.75, 3.05) is 12.4 Å². The third kappa shape index (κ3) is 3.88. The number of amides is 1. The third-order valence-corrected chi connectivity index (χ3v) is 3.37. The first kappa shape index (κ1) is 15.2. The second kappa shape index (κ2) is 6.49. The van der Waals surface area contributed by atoms with Crippen LogP contribution < -0.4 is 15.5 Å². The van der Waals surface area contributed by atoms with Gasteiger partial charge in [-0.05, 0) is 5.92 Å². The Kier molecular flexibility index (Phi) is 4.69. The van der Waals surface area contributed by atoms with Crippen LogP contribution in [0.2, 0.25) is 0 Å². The smallest absolute Gasteiger partial charge is 0.293 e. The molecule has 0 aliphatic heterocycles. The van der Waals surface area contributed by atoms with E-state index < -0.39 is 11.3 Å². The summed E-state index contributed by atoms with van der Waals surface area (Å²) in [6.45, 7) is 4.15. The zero-order valence-corrected chi connectivity index (χ0v) is 12.7. The van der Waals surface area contributed by atoms with E-state index in [-0.39, 0.29) is 11.5 Å². The summed E-state index contributed by atoms with van der Waals surface area (Å²) in [5, 5.41) is 11.6. The highest BCUT2D eigenvalue weighted by Gasteiger charge is 2.14. The van der Waals surface area contributed by atoms with Gasteiger partial charge >= 0.3 is 0 Å². The number of anilines is 1. The quantitative estimate of drug-likeness (QED) is 0.907. The summed E-state index contributed by atoms with van der Waals surface area (Å²) < 4.78 is 9.83. The van der Waals surface area contributed by atoms with Gasteiger partial charge in [-0.25, -0.2) is 0 Å². The molecular weight excluding hydrogens is 294 g/mol. The van der Waals surface area contributed by atoms with Crippen molar-refractivity contribution in [1.29, 1.82) is 0 Å². The molecule has 0 aliphatic rings. The Bertz CT molecular complexity index is 693. The first-order valence-corrected chi connectivity index (χ1v) is 7.11. The molecule has 0 aliphatic carbocycles. The number of rotatable bonds is 5. The highest BCUT2D eigenvalue weighted by molar-refractivity contribution is 7.15. The number of hydrogen-bond acceptors (Lipinski definition) is 7. The topological polar surface area (TPSA) is 94.3 Å². The van der Waals surface area contributed by atoms with Gasteiger partial charge in [-0.3, -0.25) is 14.9 Å². The van der Waals surface area contributed by atoms with E-state index in [1.807, 2.05) is 0 Å². The zero-order chi connectivity index (χ0) is 15.4. The summed E-state index contributed by atoms with van der Waals surface area (Å²) in [5.74, 6) is -0.161. The molecule has 0 bridgehead atoms. The number of methoxy groups -OCH3 is 1. The molecular formula is C13H15N3O4S. The van der Waals surface area contributed by atoms with E-state index in [0.29, 0.717) is 11.0 Å². The molecule has 2 aromatic heterocycles. The predicted octanol–water partition coefficient (Wildman–Crippen LogP) is 1.95. The van der Waals surface area contributed by atoms with Crippen molar-refractivity contribution in [1.82, 2.24) is 10.2 Å². The highest BCUT2D eigenvalue weighted by atomic mass is 32.1. The Morgan fingerprint density at radius 2 is 2.24 bits per heavy atom. The fourth-order valence-electron chi connectivity index (χ4n) is 1.56. The van der Waals surface area contributed by atoms with Crippen molar-refractivity contribution in [3.05, 3.63) is 33.3 Å². The number of nitrogens with one attached hydrogen (secondary N) is 1. The van der Waals surface area contributed by atoms with Crippen LogP contribution in [-0.4, -0.2) is 23.2 Å². The van der Waals surface area contributed by atoms with Gasteiger partial charge in [0.25, 0.3) is 5.91 Å². The van der Waals surface area contributed by atoms with Gasteiger partial charge in [-0.15, -0.1) is 10.2 Å². The van der Waals surface area contributed by atoms with Crippen molar-refractivity contribution < 1.29 is 13.9 Å². The second-order valence-corrected chi connectivity index (χ2v) is 5.79. The second-order valence-electron chi connectivity index (χ2n) is 4.73. The lowest BCUT2D eigenvalue weighted by Crippen LogP contribution is -2.15. The average molecular weight is 309 g/mol. The Labute approximate surface area is 125 Å². The fourth-order valence-corrected chi connectivity index (χ4v) is 2.51. The van der Waals surface area contributed by atoms with E-state index in [4.69, 9.17) is 9.15 Å². The van der Waals surface area contributed by atoms with Crippen molar-refractivity contribution in [3.8, 4) is 5.75 Å². The average Bonchev–Trinajstić information content (AvgIpc) is 2.84. The Morgan fingerprint density at radius 1 is 1.48 bits per heavy atom. The molecule has 0 atom stereocenters. The maximum absolute atomic E-state index is 12.0. The van der Waals surface area contributed by atoms with Crippen LogP contribution in [0.4, 0.5) is 5.13 Å². The van der Waals surface area contributed by atoms with E-state index in [1.54, 1.807) is 0 Å². The lowest BCUT2D eigenvalue weighted by atomic mass is 10.1. The molecule has 1 amide bonds. The summed E-state index contributed by atoms with van der Waals surface area (Å²) in [6, 6.07) is 1.07. The van der Waals surface area contributed by atoms with Crippen LogP contribution in [0.1, 0.15) is 29.4 Å². The SMILES string of the molecule is COc1coc(C(=O)Nc2nnc(CC(C)C)s2)cc1=O. The van der Waals surface area contributed by atoms with Crippen LogP contribution in [0.15, 0.2) is 21.5 Å². The molecule has 0 saturated heterocycles. The fraction of sp³-hybridized carbons (Fsp3) is 0.385. The molecule has 2 aromatic rings. The van der Waals surface area contributed by atoms with Gasteiger partial charge in [0.05, 0.1) is 7.11 Å². The van der Waals surface area contributed by atoms with Crippen LogP contribution in [0.5, 0.6) is 5.75 Å². The summed E-state index contributed by atoms with van der Waals surface area (Å²) in [4.78, 5) is 23.5. The normalized spacial score (nSPS) is 10.7. The minimum Gasteiger partial charge on any atom is -0.490 e. The molecule has 0 radical (unpaired) electrons. The number of aromatic nitrogens is 2. The monoisotopic (exact) mass is 309 g/mol. The number of carbonyl (C=O) groups excluding carboxylic acids is 1. The van der Waals surface area contributed by atoms with E-state index in [2.05, 4.69) is 29.4 Å². The van der Waals surface area contributed by atoms with Crippen molar-refractivity contribution in [3.63, 3.8) is 0 Å². The lowest BCUT2D eigenvalue weighted by molar-refractivity contribution is 0.0993. The Hall–Kier alpha value is -2.22. The van der Waals surface area contributed by atoms with E-state index in [1.165, 1.54) is 18.4 Å². The van der Waals surface area contributed by atoms with E-state index in [9.17, 15) is 9.59 Å². The summed E-state index contributed by atoms with van der Waals surface area (Å²) in [7, 11) is 1.35. The molecule has 8 heteroatoms. The van der Waals surface area contributed by atoms with Gasteiger partial charge in [-0.1, -0.05) is 25.2 Å². The van der Waals surface area contributed by atoms with Crippen molar-refractivity contribution in [2.24, 2.45) is 5.92 Å². The zero-order valence-electron chi connectivity index (χ0n) is 11.9. The van der Waals surface area contributed by atoms with Gasteiger partial charge in [0, 0.05) is 12.5 Å². The van der Waals surface area contributed by atoms with Crippen molar-refractivity contribution >= 4 is 22.4 Å². The van der Waals surface area contributed by atoms with E-state index >= 15 is 0 Å². The minimum atomic E-state index is -0.554. The molecule has 0 spiro atoms. The van der Waals surface area contributed by atoms with Crippen LogP contribution in [-0.2, 0) is 6.42 Å². The molecule has 0 unspecified atom stereocenters. The van der Waals surface area contributed by atoms with Gasteiger partial charge < -0.3 is 9.15 Å². The minimum absolute atomic E-state index is 0.0432. The molecule has 0 aromatic carbocycles. The Balaban J connectivity index is 2.09. The number of carbonyl (C=O) groups is 1. The third-order valence-electron chi connectivity index (χ3n) is 2.51. The molecule has 2 rings (SSSR count). The molecule has 7 nitrogen and oxygen atoms in total. The van der Waals surface area contributed by atoms with Gasteiger partial charge in [0.1, 0.15) is 11.3 Å². The largest absolute Gasteiger partial charge is 0.490 e. The van der Waals surface area contributed by atoms with E-state index in [0.717, 1.165) is 23.8 Å². The standard InChI is InChI=1S/C13H15N3O4S/c1-7(2)4-11-15-16-13(21-11)14-12(18)9-5-8(17)10(19-3)6-20-9/h5-7H,4H2,1-3H3,(H,14,16,18). The summed E-state index contributed by atoms with van der Waals surface area (Å²) in [6.07, 6.45) is 1.90. The molecule has 0 fully saturated rings. The summed E-state index contributed by atoms with van der Waals surface area (Å²) >= 11 is 1.30. The van der Waals surface area contributed by atoms with Gasteiger partial charge in [0.2, 0.25) is 16.3 Å². The first-order valence-electron chi connectivity index (χ1n) is 6.30. The molecule has 2 heterocycles. The predicted molar refractivity (Wildman–Crippen MR) is 77.9 cm³/mol. The summed E-state index contributed by atoms with van der Waals surface area (Å²) in [5.41, 5.74) is -0.424. The Morgan fingerprint density at radius 3 is 2.86 bits per heavy atom. The number of ether oxygens (including phenoxy) is 1. The molecule has 1 N–H and O–H groups in total.